The van der Waals surface area contributed by atoms with E-state index in [4.69, 9.17) is 4.74 Å². The number of nitrogens with zero attached hydrogens (tertiary/aromatic N) is 1. The van der Waals surface area contributed by atoms with Crippen molar-refractivity contribution in [2.45, 2.75) is 44.1 Å². The Balaban J connectivity index is 1.44. The van der Waals surface area contributed by atoms with E-state index in [9.17, 15) is 18.7 Å². The summed E-state index contributed by atoms with van der Waals surface area (Å²) in [6.45, 7) is 0. The number of benzene rings is 2. The van der Waals surface area contributed by atoms with Crippen molar-refractivity contribution in [3.05, 3.63) is 82.7 Å². The van der Waals surface area contributed by atoms with Crippen LogP contribution in [-0.4, -0.2) is 22.2 Å². The van der Waals surface area contributed by atoms with E-state index < -0.39 is 17.6 Å². The molecule has 2 aliphatic carbocycles. The van der Waals surface area contributed by atoms with Gasteiger partial charge < -0.3 is 9.84 Å². The minimum atomic E-state index is -1.14. The van der Waals surface area contributed by atoms with Crippen LogP contribution in [0.25, 0.3) is 11.1 Å². The Morgan fingerprint density at radius 1 is 1.03 bits per heavy atom. The number of carbonyl (C=O) groups is 1. The quantitative estimate of drug-likeness (QED) is 0.529. The molecule has 0 radical (unpaired) electrons. The normalized spacial score (nSPS) is 15.7. The number of aromatic carboxylic acids is 1. The fourth-order valence-corrected chi connectivity index (χ4v) is 3.71. The maximum absolute atomic E-state index is 14.9. The van der Waals surface area contributed by atoms with Gasteiger partial charge in [0.25, 0.3) is 0 Å². The Bertz CT molecular complexity index is 1150. The predicted octanol–water partition coefficient (Wildman–Crippen LogP) is 5.73. The zero-order valence-corrected chi connectivity index (χ0v) is 16.8. The number of aromatic nitrogens is 1. The molecule has 2 fully saturated rings. The van der Waals surface area contributed by atoms with Crippen molar-refractivity contribution < 1.29 is 23.4 Å². The van der Waals surface area contributed by atoms with Gasteiger partial charge in [-0.2, -0.15) is 0 Å². The van der Waals surface area contributed by atoms with Gasteiger partial charge in [-0.25, -0.2) is 13.6 Å². The fourth-order valence-electron chi connectivity index (χ4n) is 3.71. The van der Waals surface area contributed by atoms with E-state index in [1.807, 2.05) is 6.07 Å². The van der Waals surface area contributed by atoms with E-state index in [0.29, 0.717) is 22.8 Å². The van der Waals surface area contributed by atoms with Crippen LogP contribution in [0.3, 0.4) is 0 Å². The molecule has 6 heteroatoms. The molecule has 1 heterocycles. The van der Waals surface area contributed by atoms with Crippen molar-refractivity contribution in [2.24, 2.45) is 0 Å². The minimum absolute atomic E-state index is 0.00259. The summed E-state index contributed by atoms with van der Waals surface area (Å²) in [6, 6.07) is 11.3. The van der Waals surface area contributed by atoms with Crippen LogP contribution in [0.4, 0.5) is 8.78 Å². The highest BCUT2D eigenvalue weighted by atomic mass is 19.1. The second-order valence-corrected chi connectivity index (χ2v) is 8.28. The minimum Gasteiger partial charge on any atom is -0.490 e. The summed E-state index contributed by atoms with van der Waals surface area (Å²) in [4.78, 5) is 15.9. The Kier molecular flexibility index (Phi) is 4.93. The first-order valence-electron chi connectivity index (χ1n) is 10.4. The molecule has 2 aromatic carbocycles. The van der Waals surface area contributed by atoms with Crippen LogP contribution in [0.5, 0.6) is 5.75 Å². The molecule has 31 heavy (non-hydrogen) atoms. The molecular weight excluding hydrogens is 400 g/mol. The van der Waals surface area contributed by atoms with Gasteiger partial charge in [0.05, 0.1) is 17.4 Å². The van der Waals surface area contributed by atoms with Gasteiger partial charge in [-0.1, -0.05) is 12.1 Å². The average molecular weight is 421 g/mol. The Labute approximate surface area is 178 Å². The van der Waals surface area contributed by atoms with E-state index in [2.05, 4.69) is 4.98 Å². The zero-order chi connectivity index (χ0) is 21.5. The fraction of sp³-hybridized carbons (Fsp3) is 0.280. The van der Waals surface area contributed by atoms with Gasteiger partial charge in [0.1, 0.15) is 17.4 Å². The molecule has 0 bridgehead atoms. The van der Waals surface area contributed by atoms with Gasteiger partial charge >= 0.3 is 5.97 Å². The average Bonchev–Trinajstić information content (AvgIpc) is 3.65. The number of hydrogen-bond acceptors (Lipinski definition) is 3. The first-order valence-corrected chi connectivity index (χ1v) is 10.4. The van der Waals surface area contributed by atoms with E-state index in [1.165, 1.54) is 12.1 Å². The Morgan fingerprint density at radius 3 is 2.42 bits per heavy atom. The third-order valence-electron chi connectivity index (χ3n) is 5.75. The third-order valence-corrected chi connectivity index (χ3v) is 5.75. The summed E-state index contributed by atoms with van der Waals surface area (Å²) in [7, 11) is 0. The third kappa shape index (κ3) is 4.29. The molecule has 2 saturated carbocycles. The lowest BCUT2D eigenvalue weighted by Gasteiger charge is -2.12. The highest BCUT2D eigenvalue weighted by Crippen LogP contribution is 2.40. The van der Waals surface area contributed by atoms with Crippen LogP contribution in [-0.2, 0) is 6.42 Å². The van der Waals surface area contributed by atoms with Crippen LogP contribution in [0.2, 0.25) is 0 Å². The van der Waals surface area contributed by atoms with E-state index in [-0.39, 0.29) is 29.3 Å². The number of pyridine rings is 1. The predicted molar refractivity (Wildman–Crippen MR) is 111 cm³/mol. The largest absolute Gasteiger partial charge is 0.490 e. The lowest BCUT2D eigenvalue weighted by Crippen LogP contribution is -2.09. The molecule has 1 N–H and O–H groups in total. The van der Waals surface area contributed by atoms with E-state index >= 15 is 0 Å². The van der Waals surface area contributed by atoms with Crippen LogP contribution in [0, 0.1) is 11.6 Å². The van der Waals surface area contributed by atoms with E-state index in [0.717, 1.165) is 31.2 Å². The maximum atomic E-state index is 14.9. The van der Waals surface area contributed by atoms with Crippen molar-refractivity contribution in [3.8, 4) is 16.9 Å². The summed E-state index contributed by atoms with van der Waals surface area (Å²) in [5.41, 5.74) is 1.88. The molecule has 3 aromatic rings. The van der Waals surface area contributed by atoms with Gasteiger partial charge in [-0.3, -0.25) is 4.98 Å². The van der Waals surface area contributed by atoms with Gasteiger partial charge in [0.15, 0.2) is 0 Å². The standard InChI is InChI=1S/C25H21F2NO3/c26-22-10-16(15-2-1-3-19(8-15)31-18-6-7-18)11-23(27)20(22)12-24-21(25(29)30)9-17(13-28-24)14-4-5-14/h1-3,8-11,13-14,18H,4-7,12H2,(H,29,30). The first kappa shape index (κ1) is 19.7. The number of carboxylic acids is 1. The number of hydrogen-bond donors (Lipinski definition) is 1. The number of rotatable bonds is 7. The lowest BCUT2D eigenvalue weighted by molar-refractivity contribution is 0.0695. The molecule has 5 rings (SSSR count). The molecule has 0 amide bonds. The maximum Gasteiger partial charge on any atom is 0.337 e. The van der Waals surface area contributed by atoms with E-state index in [1.54, 1.807) is 30.5 Å². The molecule has 4 nitrogen and oxygen atoms in total. The number of carboxylic acid groups (broad SMARTS) is 1. The van der Waals surface area contributed by atoms with Crippen LogP contribution in [0.1, 0.15) is 58.8 Å². The van der Waals surface area contributed by atoms with Crippen molar-refractivity contribution in [1.29, 1.82) is 0 Å². The van der Waals surface area contributed by atoms with Crippen LogP contribution >= 0.6 is 0 Å². The SMILES string of the molecule is O=C(O)c1cc(C2CC2)cnc1Cc1c(F)cc(-c2cccc(OC3CC3)c2)cc1F. The molecule has 0 atom stereocenters. The molecule has 0 aliphatic heterocycles. The van der Waals surface area contributed by atoms with Crippen molar-refractivity contribution in [3.63, 3.8) is 0 Å². The molecule has 0 unspecified atom stereocenters. The monoisotopic (exact) mass is 421 g/mol. The Morgan fingerprint density at radius 2 is 1.77 bits per heavy atom. The van der Waals surface area contributed by atoms with Crippen molar-refractivity contribution >= 4 is 5.97 Å². The van der Waals surface area contributed by atoms with Crippen molar-refractivity contribution in [2.75, 3.05) is 0 Å². The summed E-state index contributed by atoms with van der Waals surface area (Å²) in [5, 5.41) is 9.56. The summed E-state index contributed by atoms with van der Waals surface area (Å²) in [6.07, 6.45) is 5.69. The smallest absolute Gasteiger partial charge is 0.337 e. The Hall–Kier alpha value is -3.28. The van der Waals surface area contributed by atoms with Crippen LogP contribution < -0.4 is 4.74 Å². The summed E-state index contributed by atoms with van der Waals surface area (Å²) >= 11 is 0. The number of halogens is 2. The van der Waals surface area contributed by atoms with Crippen molar-refractivity contribution in [1.82, 2.24) is 4.98 Å². The van der Waals surface area contributed by atoms with Gasteiger partial charge in [-0.15, -0.1) is 0 Å². The number of ether oxygens (including phenoxy) is 1. The molecule has 158 valence electrons. The van der Waals surface area contributed by atoms with Gasteiger partial charge in [-0.05, 0) is 78.6 Å². The molecule has 0 spiro atoms. The van der Waals surface area contributed by atoms with Crippen LogP contribution in [0.15, 0.2) is 48.7 Å². The highest BCUT2D eigenvalue weighted by molar-refractivity contribution is 5.89. The second-order valence-electron chi connectivity index (χ2n) is 8.28. The highest BCUT2D eigenvalue weighted by Gasteiger charge is 2.27. The molecule has 1 aromatic heterocycles. The topological polar surface area (TPSA) is 59.4 Å². The lowest BCUT2D eigenvalue weighted by atomic mass is 9.98. The van der Waals surface area contributed by atoms with Gasteiger partial charge in [0.2, 0.25) is 0 Å². The molecule has 0 saturated heterocycles. The molecular formula is C25H21F2NO3. The van der Waals surface area contributed by atoms with Gasteiger partial charge in [0, 0.05) is 18.2 Å². The molecule has 2 aliphatic rings. The second kappa shape index (κ2) is 7.76. The summed E-state index contributed by atoms with van der Waals surface area (Å²) in [5.74, 6) is -1.58. The summed E-state index contributed by atoms with van der Waals surface area (Å²) < 4.78 is 35.6. The first-order chi connectivity index (χ1) is 15.0. The zero-order valence-electron chi connectivity index (χ0n) is 16.8.